The highest BCUT2D eigenvalue weighted by molar-refractivity contribution is 5.99. The van der Waals surface area contributed by atoms with Gasteiger partial charge in [-0.05, 0) is 12.8 Å². The van der Waals surface area contributed by atoms with Crippen molar-refractivity contribution in [1.82, 2.24) is 9.80 Å². The Kier molecular flexibility index (Phi) is 4.74. The molecule has 1 aliphatic heterocycles. The highest BCUT2D eigenvalue weighted by Gasteiger charge is 2.21. The van der Waals surface area contributed by atoms with E-state index in [0.29, 0.717) is 0 Å². The van der Waals surface area contributed by atoms with Crippen molar-refractivity contribution < 1.29 is 14.8 Å². The van der Waals surface area contributed by atoms with Crippen LogP contribution in [-0.4, -0.2) is 59.3 Å². The SMILES string of the molecule is CN(CC(=O)N1CCCC1)C(=O)C/C(N)=N/O. The normalized spacial score (nSPS) is 16.1. The summed E-state index contributed by atoms with van der Waals surface area (Å²) in [4.78, 5) is 26.3. The van der Waals surface area contributed by atoms with Crippen LogP contribution >= 0.6 is 0 Å². The topological polar surface area (TPSA) is 99.2 Å². The maximum atomic E-state index is 11.7. The molecule has 0 spiro atoms. The largest absolute Gasteiger partial charge is 0.409 e. The van der Waals surface area contributed by atoms with Crippen molar-refractivity contribution >= 4 is 17.6 Å². The van der Waals surface area contributed by atoms with Gasteiger partial charge in [0.05, 0.1) is 13.0 Å². The van der Waals surface area contributed by atoms with Gasteiger partial charge in [-0.2, -0.15) is 0 Å². The van der Waals surface area contributed by atoms with Crippen LogP contribution in [0.3, 0.4) is 0 Å². The quantitative estimate of drug-likeness (QED) is 0.292. The molecule has 1 rings (SSSR count). The Morgan fingerprint density at radius 1 is 1.41 bits per heavy atom. The summed E-state index contributed by atoms with van der Waals surface area (Å²) in [7, 11) is 1.53. The number of carbonyl (C=O) groups is 2. The van der Waals surface area contributed by atoms with Gasteiger partial charge in [0.25, 0.3) is 0 Å². The number of amidine groups is 1. The molecule has 1 heterocycles. The third kappa shape index (κ3) is 3.93. The summed E-state index contributed by atoms with van der Waals surface area (Å²) in [6.07, 6.45) is 1.86. The minimum Gasteiger partial charge on any atom is -0.409 e. The zero-order valence-electron chi connectivity index (χ0n) is 9.93. The van der Waals surface area contributed by atoms with Crippen LogP contribution in [0.1, 0.15) is 19.3 Å². The van der Waals surface area contributed by atoms with Gasteiger partial charge in [-0.15, -0.1) is 0 Å². The maximum Gasteiger partial charge on any atom is 0.242 e. The van der Waals surface area contributed by atoms with Crippen molar-refractivity contribution in [2.45, 2.75) is 19.3 Å². The number of hydrogen-bond acceptors (Lipinski definition) is 4. The van der Waals surface area contributed by atoms with Gasteiger partial charge in [0.15, 0.2) is 0 Å². The fourth-order valence-corrected chi connectivity index (χ4v) is 1.68. The van der Waals surface area contributed by atoms with Crippen LogP contribution in [0.5, 0.6) is 0 Å². The fourth-order valence-electron chi connectivity index (χ4n) is 1.68. The first-order valence-corrected chi connectivity index (χ1v) is 5.52. The predicted molar refractivity (Wildman–Crippen MR) is 61.5 cm³/mol. The molecular weight excluding hydrogens is 224 g/mol. The van der Waals surface area contributed by atoms with Gasteiger partial charge < -0.3 is 20.7 Å². The van der Waals surface area contributed by atoms with E-state index >= 15 is 0 Å². The number of nitrogens with zero attached hydrogens (tertiary/aromatic N) is 3. The Bertz CT molecular complexity index is 324. The Balaban J connectivity index is 2.39. The first-order chi connectivity index (χ1) is 8.04. The summed E-state index contributed by atoms with van der Waals surface area (Å²) < 4.78 is 0. The summed E-state index contributed by atoms with van der Waals surface area (Å²) in [5.74, 6) is -0.554. The van der Waals surface area contributed by atoms with Crippen LogP contribution in [0.25, 0.3) is 0 Å². The number of likely N-dealkylation sites (N-methyl/N-ethyl adjacent to an activating group) is 1. The predicted octanol–water partition coefficient (Wildman–Crippen LogP) is -0.796. The minimum absolute atomic E-state index is 0.0392. The fraction of sp³-hybridized carbons (Fsp3) is 0.700. The van der Waals surface area contributed by atoms with Gasteiger partial charge in [-0.25, -0.2) is 0 Å². The molecular formula is C10H18N4O3. The van der Waals surface area contributed by atoms with Gasteiger partial charge in [-0.1, -0.05) is 5.16 Å². The summed E-state index contributed by atoms with van der Waals surface area (Å²) in [6.45, 7) is 1.57. The van der Waals surface area contributed by atoms with Crippen molar-refractivity contribution in [3.63, 3.8) is 0 Å². The zero-order valence-corrected chi connectivity index (χ0v) is 9.93. The van der Waals surface area contributed by atoms with E-state index in [9.17, 15) is 9.59 Å². The number of nitrogens with two attached hydrogens (primary N) is 1. The highest BCUT2D eigenvalue weighted by atomic mass is 16.4. The molecule has 1 aliphatic rings. The summed E-state index contributed by atoms with van der Waals surface area (Å²) in [6, 6.07) is 0. The maximum absolute atomic E-state index is 11.7. The molecule has 2 amide bonds. The molecule has 0 bridgehead atoms. The third-order valence-electron chi connectivity index (χ3n) is 2.72. The lowest BCUT2D eigenvalue weighted by molar-refractivity contribution is -0.138. The monoisotopic (exact) mass is 242 g/mol. The second-order valence-corrected chi connectivity index (χ2v) is 4.11. The van der Waals surface area contributed by atoms with Crippen molar-refractivity contribution in [2.75, 3.05) is 26.7 Å². The molecule has 0 radical (unpaired) electrons. The van der Waals surface area contributed by atoms with E-state index in [2.05, 4.69) is 5.16 Å². The van der Waals surface area contributed by atoms with E-state index in [4.69, 9.17) is 10.9 Å². The molecule has 1 fully saturated rings. The average molecular weight is 242 g/mol. The van der Waals surface area contributed by atoms with E-state index in [0.717, 1.165) is 25.9 Å². The Morgan fingerprint density at radius 3 is 2.53 bits per heavy atom. The molecule has 7 nitrogen and oxygen atoms in total. The molecule has 3 N–H and O–H groups in total. The molecule has 0 aromatic rings. The molecule has 17 heavy (non-hydrogen) atoms. The molecule has 0 atom stereocenters. The van der Waals surface area contributed by atoms with Gasteiger partial charge in [0, 0.05) is 20.1 Å². The van der Waals surface area contributed by atoms with Crippen molar-refractivity contribution in [3.8, 4) is 0 Å². The van der Waals surface area contributed by atoms with Crippen LogP contribution in [0.2, 0.25) is 0 Å². The van der Waals surface area contributed by atoms with Gasteiger partial charge >= 0.3 is 0 Å². The summed E-state index contributed by atoms with van der Waals surface area (Å²) in [5, 5.41) is 11.1. The first kappa shape index (κ1) is 13.3. The lowest BCUT2D eigenvalue weighted by atomic mass is 10.3. The van der Waals surface area contributed by atoms with E-state index in [1.807, 2.05) is 0 Å². The number of rotatable bonds is 4. The number of amides is 2. The lowest BCUT2D eigenvalue weighted by Gasteiger charge is -2.21. The van der Waals surface area contributed by atoms with E-state index in [1.165, 1.54) is 11.9 Å². The lowest BCUT2D eigenvalue weighted by Crippen LogP contribution is -2.40. The molecule has 0 saturated carbocycles. The van der Waals surface area contributed by atoms with Crippen LogP contribution in [0, 0.1) is 0 Å². The van der Waals surface area contributed by atoms with Gasteiger partial charge in [-0.3, -0.25) is 9.59 Å². The van der Waals surface area contributed by atoms with Crippen LogP contribution < -0.4 is 5.73 Å². The molecule has 1 saturated heterocycles. The summed E-state index contributed by atoms with van der Waals surface area (Å²) >= 11 is 0. The van der Waals surface area contributed by atoms with Crippen molar-refractivity contribution in [1.29, 1.82) is 0 Å². The van der Waals surface area contributed by atoms with Crippen LogP contribution in [-0.2, 0) is 9.59 Å². The van der Waals surface area contributed by atoms with Crippen molar-refractivity contribution in [2.24, 2.45) is 10.9 Å². The Morgan fingerprint density at radius 2 is 2.00 bits per heavy atom. The number of hydrogen-bond donors (Lipinski definition) is 2. The molecule has 0 aliphatic carbocycles. The summed E-state index contributed by atoms with van der Waals surface area (Å²) in [5.41, 5.74) is 5.22. The standard InChI is InChI=1S/C10H18N4O3/c1-13(9(15)6-8(11)12-17)7-10(16)14-4-2-3-5-14/h17H,2-7H2,1H3,(H2,11,12). The second kappa shape index (κ2) is 6.07. The average Bonchev–Trinajstić information content (AvgIpc) is 2.82. The molecule has 7 heteroatoms. The third-order valence-corrected chi connectivity index (χ3v) is 2.72. The smallest absolute Gasteiger partial charge is 0.242 e. The minimum atomic E-state index is -0.340. The highest BCUT2D eigenvalue weighted by Crippen LogP contribution is 2.07. The Hall–Kier alpha value is -1.79. The van der Waals surface area contributed by atoms with Crippen LogP contribution in [0.15, 0.2) is 5.16 Å². The molecule has 0 unspecified atom stereocenters. The van der Waals surface area contributed by atoms with Gasteiger partial charge in [0.1, 0.15) is 5.84 Å². The molecule has 0 aromatic carbocycles. The van der Waals surface area contributed by atoms with E-state index in [-0.39, 0.29) is 30.6 Å². The first-order valence-electron chi connectivity index (χ1n) is 5.52. The number of oxime groups is 1. The number of carbonyl (C=O) groups excluding carboxylic acids is 2. The molecule has 0 aromatic heterocycles. The second-order valence-electron chi connectivity index (χ2n) is 4.11. The van der Waals surface area contributed by atoms with Crippen molar-refractivity contribution in [3.05, 3.63) is 0 Å². The Labute approximate surface area is 99.8 Å². The molecule has 96 valence electrons. The van der Waals surface area contributed by atoms with E-state index in [1.54, 1.807) is 4.90 Å². The van der Waals surface area contributed by atoms with Gasteiger partial charge in [0.2, 0.25) is 11.8 Å². The number of likely N-dealkylation sites (tertiary alicyclic amines) is 1. The zero-order chi connectivity index (χ0) is 12.8. The van der Waals surface area contributed by atoms with Crippen LogP contribution in [0.4, 0.5) is 0 Å². The van der Waals surface area contributed by atoms with E-state index < -0.39 is 0 Å².